The highest BCUT2D eigenvalue weighted by atomic mass is 19.4. The summed E-state index contributed by atoms with van der Waals surface area (Å²) in [4.78, 5) is 59.3. The van der Waals surface area contributed by atoms with Gasteiger partial charge in [0.05, 0.1) is 46.4 Å². The maximum absolute atomic E-state index is 14.7. The number of nitrogens with zero attached hydrogens (tertiary/aromatic N) is 4. The summed E-state index contributed by atoms with van der Waals surface area (Å²) in [5.74, 6) is -6.78. The molecule has 8 rings (SSSR count). The van der Waals surface area contributed by atoms with Gasteiger partial charge in [0.25, 0.3) is 11.8 Å². The molecule has 6 atom stereocenters. The molecule has 4 amide bonds. The number of para-hydroxylation sites is 2. The van der Waals surface area contributed by atoms with E-state index in [0.29, 0.717) is 0 Å². The smallest absolute Gasteiger partial charge is 0.274 e. The standard InChI is InChI=1S/C36H24F6N4O4/c37-35(38,39)23-17-9-7-15-21(23)27-25-29(33(49)43(31(25)47)19-11-3-1-4-12-19)45-28(22-16-8-10-18-24(22)36(40,41)42)26-30(46(27)45)34(50)44(32(26)48)20-13-5-2-6-14-20/h1-18,25-30H/t25-,26-,27-,28+,29+,30-/m0/s1. The summed E-state index contributed by atoms with van der Waals surface area (Å²) in [7, 11) is 0. The second-order valence-electron chi connectivity index (χ2n) is 12.5. The van der Waals surface area contributed by atoms with E-state index >= 15 is 0 Å². The lowest BCUT2D eigenvalue weighted by Crippen LogP contribution is -2.50. The first-order valence-electron chi connectivity index (χ1n) is 15.6. The van der Waals surface area contributed by atoms with E-state index in [2.05, 4.69) is 0 Å². The molecule has 4 heterocycles. The highest BCUT2D eigenvalue weighted by Gasteiger charge is 2.74. The van der Waals surface area contributed by atoms with Crippen molar-refractivity contribution in [1.29, 1.82) is 0 Å². The van der Waals surface area contributed by atoms with Gasteiger partial charge in [0.1, 0.15) is 12.1 Å². The van der Waals surface area contributed by atoms with Crippen LogP contribution in [0.1, 0.15) is 34.3 Å². The van der Waals surface area contributed by atoms with Gasteiger partial charge in [-0.25, -0.2) is 19.8 Å². The number of hydrazine groups is 1. The van der Waals surface area contributed by atoms with E-state index < -0.39 is 94.2 Å². The van der Waals surface area contributed by atoms with E-state index in [1.807, 2.05) is 0 Å². The Labute approximate surface area is 280 Å². The number of hydrogen-bond acceptors (Lipinski definition) is 6. The number of alkyl halides is 6. The number of halogens is 6. The van der Waals surface area contributed by atoms with Gasteiger partial charge < -0.3 is 0 Å². The van der Waals surface area contributed by atoms with Crippen molar-refractivity contribution in [1.82, 2.24) is 10.0 Å². The number of benzene rings is 4. The fourth-order valence-corrected chi connectivity index (χ4v) is 8.14. The van der Waals surface area contributed by atoms with Crippen LogP contribution in [0.2, 0.25) is 0 Å². The highest BCUT2D eigenvalue weighted by molar-refractivity contribution is 6.26. The van der Waals surface area contributed by atoms with Crippen LogP contribution in [0.5, 0.6) is 0 Å². The summed E-state index contributed by atoms with van der Waals surface area (Å²) < 4.78 is 88.0. The van der Waals surface area contributed by atoms with Crippen molar-refractivity contribution >= 4 is 35.0 Å². The summed E-state index contributed by atoms with van der Waals surface area (Å²) in [6.07, 6.45) is -9.92. The van der Waals surface area contributed by atoms with Gasteiger partial charge in [0.2, 0.25) is 11.8 Å². The van der Waals surface area contributed by atoms with Crippen LogP contribution in [0.3, 0.4) is 0 Å². The van der Waals surface area contributed by atoms with Crippen molar-refractivity contribution in [3.05, 3.63) is 131 Å². The van der Waals surface area contributed by atoms with E-state index in [1.54, 1.807) is 36.4 Å². The third kappa shape index (κ3) is 4.47. The molecule has 8 nitrogen and oxygen atoms in total. The third-order valence-electron chi connectivity index (χ3n) is 9.92. The van der Waals surface area contributed by atoms with E-state index in [1.165, 1.54) is 36.4 Å². The highest BCUT2D eigenvalue weighted by Crippen LogP contribution is 2.61. The lowest BCUT2D eigenvalue weighted by atomic mass is 9.82. The van der Waals surface area contributed by atoms with Gasteiger partial charge in [-0.05, 0) is 47.5 Å². The second-order valence-corrected chi connectivity index (χ2v) is 12.5. The quantitative estimate of drug-likeness (QED) is 0.188. The molecule has 0 aromatic heterocycles. The predicted octanol–water partition coefficient (Wildman–Crippen LogP) is 6.17. The normalized spacial score (nSPS) is 26.9. The molecule has 14 heteroatoms. The summed E-state index contributed by atoms with van der Waals surface area (Å²) in [6.45, 7) is 0. The molecule has 0 bridgehead atoms. The van der Waals surface area contributed by atoms with Gasteiger partial charge >= 0.3 is 12.4 Å². The predicted molar refractivity (Wildman–Crippen MR) is 164 cm³/mol. The molecular weight excluding hydrogens is 666 g/mol. The average molecular weight is 691 g/mol. The third-order valence-corrected chi connectivity index (χ3v) is 9.92. The first-order valence-corrected chi connectivity index (χ1v) is 15.6. The number of anilines is 2. The SMILES string of the molecule is O=C1[C@@H]2[C@@H](C(=O)N1c1ccccc1)N1[C@@H](c3ccccc3C(F)(F)F)[C@@H]3C(=O)N(c4ccccc4)C(=O)[C@@H]3N1[C@@H]2c1ccccc1C(F)(F)F. The van der Waals surface area contributed by atoms with Crippen molar-refractivity contribution in [2.45, 2.75) is 36.5 Å². The molecule has 0 unspecified atom stereocenters. The molecule has 50 heavy (non-hydrogen) atoms. The van der Waals surface area contributed by atoms with Crippen LogP contribution in [-0.4, -0.2) is 45.7 Å². The topological polar surface area (TPSA) is 81.2 Å². The largest absolute Gasteiger partial charge is 0.416 e. The minimum Gasteiger partial charge on any atom is -0.274 e. The molecule has 4 saturated heterocycles. The first kappa shape index (κ1) is 31.9. The van der Waals surface area contributed by atoms with Crippen LogP contribution in [0.4, 0.5) is 37.7 Å². The fraction of sp³-hybridized carbons (Fsp3) is 0.222. The van der Waals surface area contributed by atoms with Crippen molar-refractivity contribution < 1.29 is 45.5 Å². The summed E-state index contributed by atoms with van der Waals surface area (Å²) in [5.41, 5.74) is -3.01. The Morgan fingerprint density at radius 3 is 1.06 bits per heavy atom. The molecule has 254 valence electrons. The molecule has 4 aliphatic rings. The van der Waals surface area contributed by atoms with Gasteiger partial charge in [0.15, 0.2) is 0 Å². The molecule has 4 aliphatic heterocycles. The van der Waals surface area contributed by atoms with Gasteiger partial charge in [-0.1, -0.05) is 72.8 Å². The zero-order chi connectivity index (χ0) is 35.3. The molecule has 0 N–H and O–H groups in total. The monoisotopic (exact) mass is 690 g/mol. The Balaban J connectivity index is 1.41. The lowest BCUT2D eigenvalue weighted by molar-refractivity contribution is -0.143. The number of carbonyl (C=O) groups is 4. The van der Waals surface area contributed by atoms with Gasteiger partial charge in [-0.15, -0.1) is 0 Å². The van der Waals surface area contributed by atoms with Gasteiger partial charge in [-0.3, -0.25) is 19.2 Å². The van der Waals surface area contributed by atoms with Crippen LogP contribution < -0.4 is 9.80 Å². The zero-order valence-electron chi connectivity index (χ0n) is 25.5. The molecule has 0 aliphatic carbocycles. The summed E-state index contributed by atoms with van der Waals surface area (Å²) in [5, 5.41) is 2.23. The number of fused-ring (bicyclic) bond motifs is 5. The minimum atomic E-state index is -4.96. The van der Waals surface area contributed by atoms with Crippen molar-refractivity contribution in [2.24, 2.45) is 11.8 Å². The second kappa shape index (κ2) is 11.1. The Morgan fingerprint density at radius 1 is 0.400 bits per heavy atom. The van der Waals surface area contributed by atoms with Crippen LogP contribution in [0.15, 0.2) is 109 Å². The van der Waals surface area contributed by atoms with Crippen LogP contribution in [0.25, 0.3) is 0 Å². The Hall–Kier alpha value is -5.34. The number of rotatable bonds is 4. The average Bonchev–Trinajstić information content (AvgIpc) is 3.76. The molecule has 0 saturated carbocycles. The van der Waals surface area contributed by atoms with Crippen LogP contribution in [-0.2, 0) is 31.5 Å². The van der Waals surface area contributed by atoms with Crippen molar-refractivity contribution in [3.63, 3.8) is 0 Å². The van der Waals surface area contributed by atoms with Crippen molar-refractivity contribution in [2.75, 3.05) is 9.80 Å². The molecular formula is C36H24F6N4O4. The maximum Gasteiger partial charge on any atom is 0.416 e. The van der Waals surface area contributed by atoms with Crippen LogP contribution in [0, 0.1) is 11.8 Å². The van der Waals surface area contributed by atoms with Crippen molar-refractivity contribution in [3.8, 4) is 0 Å². The molecule has 0 spiro atoms. The van der Waals surface area contributed by atoms with Gasteiger partial charge in [-0.2, -0.15) is 26.3 Å². The number of carbonyl (C=O) groups excluding carboxylic acids is 4. The van der Waals surface area contributed by atoms with E-state index in [-0.39, 0.29) is 11.4 Å². The number of imide groups is 2. The number of amides is 4. The maximum atomic E-state index is 14.7. The van der Waals surface area contributed by atoms with E-state index in [0.717, 1.165) is 56.2 Å². The van der Waals surface area contributed by atoms with Crippen LogP contribution >= 0.6 is 0 Å². The summed E-state index contributed by atoms with van der Waals surface area (Å²) >= 11 is 0. The molecule has 4 aromatic carbocycles. The van der Waals surface area contributed by atoms with Gasteiger partial charge in [0, 0.05) is 0 Å². The Kier molecular flexibility index (Phi) is 7.07. The van der Waals surface area contributed by atoms with E-state index in [9.17, 15) is 45.5 Å². The Bertz CT molecular complexity index is 1910. The Morgan fingerprint density at radius 2 is 0.720 bits per heavy atom. The zero-order valence-corrected chi connectivity index (χ0v) is 25.5. The lowest BCUT2D eigenvalue weighted by Gasteiger charge is -2.36. The molecule has 4 fully saturated rings. The molecule has 4 aromatic rings. The summed E-state index contributed by atoms with van der Waals surface area (Å²) in [6, 6.07) is 17.3. The molecule has 0 radical (unpaired) electrons. The number of hydrogen-bond donors (Lipinski definition) is 0. The minimum absolute atomic E-state index is 0.111. The van der Waals surface area contributed by atoms with E-state index in [4.69, 9.17) is 0 Å². The fourth-order valence-electron chi connectivity index (χ4n) is 8.14. The first-order chi connectivity index (χ1) is 23.8.